The molecule has 6 atom stereocenters. The Kier molecular flexibility index (Phi) is 21.3. The highest BCUT2D eigenvalue weighted by Crippen LogP contribution is 2.48. The fourth-order valence-corrected chi connectivity index (χ4v) is 21.7. The van der Waals surface area contributed by atoms with Crippen molar-refractivity contribution in [3.05, 3.63) is 181 Å². The van der Waals surface area contributed by atoms with Gasteiger partial charge in [0, 0.05) is 175 Å². The van der Waals surface area contributed by atoms with Crippen LogP contribution in [0.5, 0.6) is 0 Å². The summed E-state index contributed by atoms with van der Waals surface area (Å²) < 4.78 is 16.6. The van der Waals surface area contributed by atoms with Crippen LogP contribution in [0.25, 0.3) is 0 Å². The molecule has 2 N–H and O–H groups in total. The molecule has 119 heavy (non-hydrogen) atoms. The maximum absolute atomic E-state index is 16.6. The van der Waals surface area contributed by atoms with E-state index in [0.29, 0.717) is 111 Å². The number of nitrogens with one attached hydrogen (secondary N) is 2. The molecule has 0 saturated carbocycles. The minimum atomic E-state index is -1.13. The van der Waals surface area contributed by atoms with Crippen LogP contribution in [-0.2, 0) is 19.2 Å². The molecule has 12 aliphatic heterocycles. The van der Waals surface area contributed by atoms with E-state index in [0.717, 1.165) is 142 Å². The first kappa shape index (κ1) is 78.9. The average molecular weight is 1650 g/mol. The minimum absolute atomic E-state index is 0.00768. The second-order valence-corrected chi connectivity index (χ2v) is 35.3. The van der Waals surface area contributed by atoms with Gasteiger partial charge in [-0.3, -0.25) is 78.2 Å². The third-order valence-corrected chi connectivity index (χ3v) is 28.9. The van der Waals surface area contributed by atoms with Crippen molar-refractivity contribution in [1.82, 2.24) is 40.0 Å². The summed E-state index contributed by atoms with van der Waals surface area (Å²) >= 11 is 12.9. The average Bonchev–Trinajstić information content (AvgIpc) is 1.75. The number of carbonyl (C=O) groups is 10. The number of amides is 10. The highest BCUT2D eigenvalue weighted by atomic mass is 35.5. The van der Waals surface area contributed by atoms with E-state index in [1.54, 1.807) is 42.5 Å². The van der Waals surface area contributed by atoms with Crippen LogP contribution in [0.1, 0.15) is 169 Å². The molecule has 0 aromatic heterocycles. The van der Waals surface area contributed by atoms with Gasteiger partial charge in [-0.2, -0.15) is 10.5 Å². The number of carbonyl (C=O) groups excluding carboxylic acids is 10. The Morgan fingerprint density at radius 2 is 0.992 bits per heavy atom. The molecule has 10 fully saturated rings. The lowest BCUT2D eigenvalue weighted by atomic mass is 9.70. The molecule has 0 aliphatic carbocycles. The Hall–Kier alpha value is -11.2. The molecule has 28 heteroatoms. The lowest BCUT2D eigenvalue weighted by molar-refractivity contribution is -0.137. The number of rotatable bonds is 13. The Morgan fingerprint density at radius 1 is 0.479 bits per heavy atom. The van der Waals surface area contributed by atoms with Gasteiger partial charge in [0.25, 0.3) is 35.4 Å². The molecule has 25 nitrogen and oxygen atoms in total. The normalized spacial score (nSPS) is 24.7. The Labute approximate surface area is 699 Å². The number of fused-ring (bicyclic) bond motifs is 2. The summed E-state index contributed by atoms with van der Waals surface area (Å²) in [7, 11) is 0. The SMILES string of the molecule is N#Cc1ccc(N2CCC3(CCN(C(=O)c4ccc(N5CCN(CC6CCN(c7ccc8c(c7)C(=O)N(C7CCC(=O)NC7=O)C8=O)CC6C6CN(c7ccc8c(c7)C(=O)N(C7CCC(=O)NC7=O)C8=O)CCC6N6CCC(C#Cc7ccc(C(=O)N8CCC9(CC8)CCN9c8ccc(C#N)c(Cl)c8)cc7)CC6)CC5)cc4F)C3)CC2)cc1Cl. The molecule has 612 valence electrons. The number of imide groups is 4. The summed E-state index contributed by atoms with van der Waals surface area (Å²) in [4.78, 5) is 159. The van der Waals surface area contributed by atoms with Gasteiger partial charge in [0.05, 0.1) is 49.0 Å². The minimum Gasteiger partial charge on any atom is -0.371 e. The maximum atomic E-state index is 16.6. The van der Waals surface area contributed by atoms with Crippen molar-refractivity contribution in [2.24, 2.45) is 29.1 Å². The van der Waals surface area contributed by atoms with E-state index >= 15 is 4.39 Å². The van der Waals surface area contributed by atoms with Gasteiger partial charge in [-0.05, 0) is 229 Å². The van der Waals surface area contributed by atoms with Crippen LogP contribution >= 0.6 is 23.2 Å². The van der Waals surface area contributed by atoms with Crippen molar-refractivity contribution in [3.8, 4) is 24.0 Å². The van der Waals surface area contributed by atoms with Crippen molar-refractivity contribution < 1.29 is 52.3 Å². The maximum Gasteiger partial charge on any atom is 0.262 e. The van der Waals surface area contributed by atoms with Crippen LogP contribution in [0, 0.1) is 69.4 Å². The lowest BCUT2D eigenvalue weighted by Crippen LogP contribution is -2.64. The number of likely N-dealkylation sites (tertiary alicyclic amines) is 3. The second kappa shape index (κ2) is 32.2. The summed E-state index contributed by atoms with van der Waals surface area (Å²) in [5.41, 5.74) is 7.17. The number of nitrogens with zero attached hydrogens (tertiary/aromatic N) is 13. The number of piperazine rings is 1. The predicted molar refractivity (Wildman–Crippen MR) is 443 cm³/mol. The zero-order valence-corrected chi connectivity index (χ0v) is 67.7. The first-order valence-electron chi connectivity index (χ1n) is 41.9. The standard InChI is InChI=1S/C91H92Cl2FN15O10/c92-74-47-64(9-7-59(74)50-95)100-35-25-90(26-36-100)27-37-106(55-90)85(115)69-16-13-65(49-76(69)94)101-43-41-99(42-44-101)52-61-23-33-104(62-11-14-67-70(45-62)88(118)108(86(67)116)78-17-19-80(110)97-82(78)112)53-72(61)73-54-105(63-12-15-68-71(46-63)89(119)109(87(68)117)79-18-20-81(111)98-83(79)113)34-24-77(73)102-31-21-57(22-32-102)2-1-56-3-5-58(6-4-56)84(114)103-38-28-91(29-39-103)30-40-107(91)66-10-8-60(51-96)75(93)48-66/h3-16,45-49,57,61,72-73,77-79H,17-44,52-55H2,(H,97,110,112)(H,98,111,113). The first-order valence-corrected chi connectivity index (χ1v) is 42.7. The predicted octanol–water partition coefficient (Wildman–Crippen LogP) is 9.62. The third kappa shape index (κ3) is 15.0. The van der Waals surface area contributed by atoms with Gasteiger partial charge in [-0.1, -0.05) is 35.0 Å². The molecule has 12 aliphatic rings. The molecule has 6 unspecified atom stereocenters. The highest BCUT2D eigenvalue weighted by molar-refractivity contribution is 6.32. The zero-order chi connectivity index (χ0) is 82.3. The van der Waals surface area contributed by atoms with Crippen LogP contribution < -0.4 is 35.1 Å². The fraction of sp³-hybridized carbons (Fsp3) is 0.451. The van der Waals surface area contributed by atoms with E-state index in [9.17, 15) is 58.5 Å². The smallest absolute Gasteiger partial charge is 0.262 e. The van der Waals surface area contributed by atoms with Crippen LogP contribution in [0.2, 0.25) is 10.0 Å². The van der Waals surface area contributed by atoms with E-state index in [-0.39, 0.29) is 106 Å². The number of hydrogen-bond donors (Lipinski definition) is 2. The van der Waals surface area contributed by atoms with Crippen molar-refractivity contribution in [1.29, 1.82) is 10.5 Å². The summed E-state index contributed by atoms with van der Waals surface area (Å²) in [6.07, 6.45) is 8.42. The van der Waals surface area contributed by atoms with E-state index in [1.165, 1.54) is 6.07 Å². The van der Waals surface area contributed by atoms with Crippen LogP contribution in [0.4, 0.5) is 32.8 Å². The molecule has 6 aromatic carbocycles. The van der Waals surface area contributed by atoms with Gasteiger partial charge in [0.2, 0.25) is 23.6 Å². The van der Waals surface area contributed by atoms with Gasteiger partial charge in [0.1, 0.15) is 30.0 Å². The largest absolute Gasteiger partial charge is 0.371 e. The summed E-state index contributed by atoms with van der Waals surface area (Å²) in [5, 5.41) is 24.3. The van der Waals surface area contributed by atoms with Crippen molar-refractivity contribution in [2.75, 3.05) is 142 Å². The van der Waals surface area contributed by atoms with E-state index in [4.69, 9.17) is 23.2 Å². The summed E-state index contributed by atoms with van der Waals surface area (Å²) in [6, 6.07) is 36.4. The molecule has 10 amide bonds. The molecule has 6 aromatic rings. The van der Waals surface area contributed by atoms with Gasteiger partial charge in [-0.25, -0.2) is 4.39 Å². The summed E-state index contributed by atoms with van der Waals surface area (Å²) in [5.74, 6) is 1.73. The molecular weight excluding hydrogens is 1550 g/mol. The van der Waals surface area contributed by atoms with Crippen molar-refractivity contribution in [2.45, 2.75) is 114 Å². The molecule has 18 rings (SSSR count). The lowest BCUT2D eigenvalue weighted by Gasteiger charge is -2.57. The second-order valence-electron chi connectivity index (χ2n) is 34.5. The van der Waals surface area contributed by atoms with Gasteiger partial charge >= 0.3 is 0 Å². The van der Waals surface area contributed by atoms with Gasteiger partial charge in [-0.15, -0.1) is 0 Å². The number of benzene rings is 6. The van der Waals surface area contributed by atoms with Crippen molar-refractivity contribution >= 4 is 111 Å². The number of nitriles is 2. The monoisotopic (exact) mass is 1640 g/mol. The molecule has 10 saturated heterocycles. The molecule has 2 spiro atoms. The number of piperidine rings is 7. The Morgan fingerprint density at radius 3 is 1.56 bits per heavy atom. The Bertz CT molecular complexity index is 5360. The van der Waals surface area contributed by atoms with Crippen LogP contribution in [-0.4, -0.2) is 230 Å². The van der Waals surface area contributed by atoms with Crippen molar-refractivity contribution in [3.63, 3.8) is 0 Å². The molecule has 0 radical (unpaired) electrons. The van der Waals surface area contributed by atoms with E-state index in [2.05, 4.69) is 68.9 Å². The van der Waals surface area contributed by atoms with E-state index in [1.807, 2.05) is 76.5 Å². The summed E-state index contributed by atoms with van der Waals surface area (Å²) in [6.45, 7) is 12.0. The Balaban J connectivity index is 0.582. The van der Waals surface area contributed by atoms with Gasteiger partial charge < -0.3 is 34.3 Å². The third-order valence-electron chi connectivity index (χ3n) is 28.2. The van der Waals surface area contributed by atoms with Gasteiger partial charge in [0.15, 0.2) is 0 Å². The number of halogens is 3. The fourth-order valence-electron chi connectivity index (χ4n) is 21.3. The quantitative estimate of drug-likeness (QED) is 0.0804. The topological polar surface area (TPSA) is 278 Å². The zero-order valence-electron chi connectivity index (χ0n) is 66.2. The first-order chi connectivity index (χ1) is 57.6. The molecular formula is C91H92Cl2FN15O10. The van der Waals surface area contributed by atoms with E-state index < -0.39 is 65.2 Å². The van der Waals surface area contributed by atoms with Crippen LogP contribution in [0.3, 0.4) is 0 Å². The number of anilines is 5. The molecule has 0 bridgehead atoms. The van der Waals surface area contributed by atoms with Crippen LogP contribution in [0.15, 0.2) is 115 Å². The highest BCUT2D eigenvalue weighted by Gasteiger charge is 2.52. The molecule has 12 heterocycles. The number of hydrogen-bond acceptors (Lipinski definition) is 19.